The van der Waals surface area contributed by atoms with Crippen molar-refractivity contribution in [3.63, 3.8) is 0 Å². The Kier molecular flexibility index (Phi) is 2.89. The number of fused-ring (bicyclic) bond motifs is 2. The van der Waals surface area contributed by atoms with E-state index in [1.807, 2.05) is 0 Å². The smallest absolute Gasteiger partial charge is 0.231 e. The lowest BCUT2D eigenvalue weighted by molar-refractivity contribution is 0.329. The van der Waals surface area contributed by atoms with E-state index in [0.717, 1.165) is 12.0 Å². The lowest BCUT2D eigenvalue weighted by atomic mass is 9.89. The van der Waals surface area contributed by atoms with Crippen LogP contribution in [0.25, 0.3) is 11.4 Å². The highest BCUT2D eigenvalue weighted by atomic mass is 79.9. The van der Waals surface area contributed by atoms with Gasteiger partial charge >= 0.3 is 0 Å². The molecule has 3 unspecified atom stereocenters. The van der Waals surface area contributed by atoms with E-state index in [4.69, 9.17) is 4.52 Å². The number of hydrogen-bond donors (Lipinski definition) is 1. The number of nitrogens with one attached hydrogen (secondary N) is 1. The zero-order valence-corrected chi connectivity index (χ0v) is 12.2. The third-order valence-electron chi connectivity index (χ3n) is 4.23. The van der Waals surface area contributed by atoms with E-state index in [2.05, 4.69) is 31.4 Å². The molecule has 4 nitrogen and oxygen atoms in total. The van der Waals surface area contributed by atoms with Crippen LogP contribution in [-0.4, -0.2) is 22.2 Å². The Hall–Kier alpha value is -1.27. The second kappa shape index (κ2) is 4.63. The number of aromatic nitrogens is 2. The summed E-state index contributed by atoms with van der Waals surface area (Å²) in [7, 11) is 0. The van der Waals surface area contributed by atoms with Crippen molar-refractivity contribution < 1.29 is 8.91 Å². The average molecular weight is 338 g/mol. The van der Waals surface area contributed by atoms with Crippen molar-refractivity contribution in [3.8, 4) is 11.4 Å². The molecular weight excluding hydrogens is 325 g/mol. The van der Waals surface area contributed by atoms with Crippen LogP contribution in [0.1, 0.15) is 31.1 Å². The Morgan fingerprint density at radius 2 is 2.25 bits per heavy atom. The van der Waals surface area contributed by atoms with Gasteiger partial charge in [0.2, 0.25) is 11.7 Å². The summed E-state index contributed by atoms with van der Waals surface area (Å²) < 4.78 is 19.2. The van der Waals surface area contributed by atoms with Crippen molar-refractivity contribution in [3.05, 3.63) is 34.4 Å². The van der Waals surface area contributed by atoms with Crippen LogP contribution in [0.3, 0.4) is 0 Å². The first-order chi connectivity index (χ1) is 9.70. The number of hydrogen-bond acceptors (Lipinski definition) is 4. The molecule has 0 aliphatic carbocycles. The van der Waals surface area contributed by atoms with Crippen molar-refractivity contribution in [2.45, 2.75) is 37.3 Å². The maximum absolute atomic E-state index is 13.1. The van der Waals surface area contributed by atoms with E-state index < -0.39 is 0 Å². The minimum Gasteiger partial charge on any atom is -0.339 e. The summed E-state index contributed by atoms with van der Waals surface area (Å²) in [4.78, 5) is 4.50. The molecule has 1 N–H and O–H groups in total. The van der Waals surface area contributed by atoms with Gasteiger partial charge in [-0.2, -0.15) is 4.98 Å². The standard InChI is InChI=1S/C14H13BrFN3O/c15-11-5-7(16)1-3-9(11)13-18-14(20-19-13)10-6-8-2-4-12(10)17-8/h1,3,5,8,10,12,17H,2,4,6H2. The molecule has 0 amide bonds. The van der Waals surface area contributed by atoms with Gasteiger partial charge in [-0.05, 0) is 53.4 Å². The van der Waals surface area contributed by atoms with Crippen LogP contribution in [0.15, 0.2) is 27.2 Å². The quantitative estimate of drug-likeness (QED) is 0.913. The molecule has 2 fully saturated rings. The molecule has 2 aliphatic rings. The molecule has 4 rings (SSSR count). The first-order valence-corrected chi connectivity index (χ1v) is 7.55. The van der Waals surface area contributed by atoms with E-state index >= 15 is 0 Å². The van der Waals surface area contributed by atoms with Crippen LogP contribution in [-0.2, 0) is 0 Å². The Morgan fingerprint density at radius 1 is 1.35 bits per heavy atom. The fraction of sp³-hybridized carbons (Fsp3) is 0.429. The van der Waals surface area contributed by atoms with E-state index in [1.54, 1.807) is 6.07 Å². The van der Waals surface area contributed by atoms with Gasteiger partial charge in [-0.1, -0.05) is 5.16 Å². The number of halogens is 2. The van der Waals surface area contributed by atoms with Gasteiger partial charge in [-0.25, -0.2) is 4.39 Å². The molecule has 104 valence electrons. The summed E-state index contributed by atoms with van der Waals surface area (Å²) in [5, 5.41) is 7.60. The van der Waals surface area contributed by atoms with Crippen molar-refractivity contribution in [2.24, 2.45) is 0 Å². The molecule has 2 bridgehead atoms. The maximum Gasteiger partial charge on any atom is 0.231 e. The van der Waals surface area contributed by atoms with Gasteiger partial charge in [0, 0.05) is 22.1 Å². The SMILES string of the molecule is Fc1ccc(-c2noc(C3CC4CCC3N4)n2)c(Br)c1. The predicted molar refractivity (Wildman–Crippen MR) is 74.7 cm³/mol. The lowest BCUT2D eigenvalue weighted by Crippen LogP contribution is -2.21. The van der Waals surface area contributed by atoms with Gasteiger partial charge in [0.05, 0.1) is 5.92 Å². The monoisotopic (exact) mass is 337 g/mol. The maximum atomic E-state index is 13.1. The zero-order chi connectivity index (χ0) is 13.7. The molecule has 0 saturated carbocycles. The van der Waals surface area contributed by atoms with E-state index in [9.17, 15) is 4.39 Å². The molecule has 2 aromatic rings. The van der Waals surface area contributed by atoms with Gasteiger partial charge in [0.15, 0.2) is 0 Å². The summed E-state index contributed by atoms with van der Waals surface area (Å²) in [6.07, 6.45) is 3.48. The Labute approximate surface area is 123 Å². The molecule has 20 heavy (non-hydrogen) atoms. The molecule has 2 aliphatic heterocycles. The molecular formula is C14H13BrFN3O. The van der Waals surface area contributed by atoms with Gasteiger partial charge in [-0.15, -0.1) is 0 Å². The fourth-order valence-corrected chi connectivity index (χ4v) is 3.79. The summed E-state index contributed by atoms with van der Waals surface area (Å²) in [5.74, 6) is 1.22. The molecule has 0 radical (unpaired) electrons. The summed E-state index contributed by atoms with van der Waals surface area (Å²) in [6, 6.07) is 5.52. The average Bonchev–Trinajstić information content (AvgIpc) is 3.14. The van der Waals surface area contributed by atoms with E-state index in [1.165, 1.54) is 25.0 Å². The second-order valence-electron chi connectivity index (χ2n) is 5.47. The van der Waals surface area contributed by atoms with Crippen molar-refractivity contribution in [1.82, 2.24) is 15.5 Å². The number of nitrogens with zero attached hydrogens (tertiary/aromatic N) is 2. The van der Waals surface area contributed by atoms with Gasteiger partial charge in [-0.3, -0.25) is 0 Å². The molecule has 1 aromatic carbocycles. The van der Waals surface area contributed by atoms with Crippen LogP contribution in [0.2, 0.25) is 0 Å². The fourth-order valence-electron chi connectivity index (χ4n) is 3.26. The van der Waals surface area contributed by atoms with Crippen molar-refractivity contribution in [2.75, 3.05) is 0 Å². The normalized spacial score (nSPS) is 28.2. The van der Waals surface area contributed by atoms with Gasteiger partial charge < -0.3 is 9.84 Å². The van der Waals surface area contributed by atoms with Gasteiger partial charge in [0.1, 0.15) is 5.82 Å². The minimum atomic E-state index is -0.290. The third-order valence-corrected chi connectivity index (χ3v) is 4.89. The van der Waals surface area contributed by atoms with Crippen molar-refractivity contribution >= 4 is 15.9 Å². The first kappa shape index (κ1) is 12.5. The molecule has 1 aromatic heterocycles. The Balaban J connectivity index is 1.65. The molecule has 2 saturated heterocycles. The Bertz CT molecular complexity index is 660. The van der Waals surface area contributed by atoms with Crippen LogP contribution >= 0.6 is 15.9 Å². The Morgan fingerprint density at radius 3 is 2.95 bits per heavy atom. The molecule has 3 heterocycles. The van der Waals surface area contributed by atoms with Crippen molar-refractivity contribution in [1.29, 1.82) is 0 Å². The zero-order valence-electron chi connectivity index (χ0n) is 10.6. The minimum absolute atomic E-state index is 0.290. The molecule has 6 heteroatoms. The number of rotatable bonds is 2. The molecule has 3 atom stereocenters. The topological polar surface area (TPSA) is 51.0 Å². The molecule has 0 spiro atoms. The van der Waals surface area contributed by atoms with Gasteiger partial charge in [0.25, 0.3) is 0 Å². The summed E-state index contributed by atoms with van der Waals surface area (Å²) in [5.41, 5.74) is 0.748. The highest BCUT2D eigenvalue weighted by molar-refractivity contribution is 9.10. The number of benzene rings is 1. The van der Waals surface area contributed by atoms with Crippen LogP contribution < -0.4 is 5.32 Å². The predicted octanol–water partition coefficient (Wildman–Crippen LogP) is 3.25. The van der Waals surface area contributed by atoms with E-state index in [0.29, 0.717) is 34.2 Å². The largest absolute Gasteiger partial charge is 0.339 e. The second-order valence-corrected chi connectivity index (χ2v) is 6.32. The van der Waals surface area contributed by atoms with E-state index in [-0.39, 0.29) is 5.82 Å². The third kappa shape index (κ3) is 1.98. The lowest BCUT2D eigenvalue weighted by Gasteiger charge is -2.15. The highest BCUT2D eigenvalue weighted by Gasteiger charge is 2.42. The van der Waals surface area contributed by atoms with Crippen LogP contribution in [0.5, 0.6) is 0 Å². The summed E-state index contributed by atoms with van der Waals surface area (Å²) in [6.45, 7) is 0. The van der Waals surface area contributed by atoms with Crippen LogP contribution in [0, 0.1) is 5.82 Å². The highest BCUT2D eigenvalue weighted by Crippen LogP contribution is 2.40. The first-order valence-electron chi connectivity index (χ1n) is 6.76. The summed E-state index contributed by atoms with van der Waals surface area (Å²) >= 11 is 3.34. The van der Waals surface area contributed by atoms with Crippen LogP contribution in [0.4, 0.5) is 4.39 Å².